The highest BCUT2D eigenvalue weighted by Gasteiger charge is 2.15. The van der Waals surface area contributed by atoms with E-state index < -0.39 is 0 Å². The molecule has 1 aromatic carbocycles. The van der Waals surface area contributed by atoms with E-state index in [2.05, 4.69) is 51.7 Å². The molecule has 0 saturated carbocycles. The predicted octanol–water partition coefficient (Wildman–Crippen LogP) is 3.01. The molecular weight excluding hydrogens is 392 g/mol. The molecule has 0 bridgehead atoms. The molecule has 3 aromatic rings. The number of hydrogen-bond donors (Lipinski definition) is 4. The molecule has 8 heteroatoms. The van der Waals surface area contributed by atoms with Crippen LogP contribution < -0.4 is 21.5 Å². The zero-order chi connectivity index (χ0) is 22.4. The molecule has 2 aromatic heterocycles. The number of benzene rings is 1. The maximum absolute atomic E-state index is 12.7. The van der Waals surface area contributed by atoms with Crippen LogP contribution in [0.4, 0.5) is 11.6 Å². The second kappa shape index (κ2) is 9.53. The van der Waals surface area contributed by atoms with Gasteiger partial charge in [-0.1, -0.05) is 32.9 Å². The van der Waals surface area contributed by atoms with Gasteiger partial charge < -0.3 is 20.9 Å². The molecule has 162 valence electrons. The third-order valence-electron chi connectivity index (χ3n) is 4.77. The lowest BCUT2D eigenvalue weighted by molar-refractivity contribution is 0.102. The van der Waals surface area contributed by atoms with Gasteiger partial charge in [0.25, 0.3) is 11.5 Å². The molecule has 0 saturated heterocycles. The minimum absolute atomic E-state index is 0.00120. The fourth-order valence-electron chi connectivity index (χ4n) is 2.94. The van der Waals surface area contributed by atoms with Gasteiger partial charge in [-0.2, -0.15) is 0 Å². The van der Waals surface area contributed by atoms with E-state index in [1.165, 1.54) is 0 Å². The molecule has 0 aliphatic heterocycles. The molecule has 8 nitrogen and oxygen atoms in total. The molecule has 0 fully saturated rings. The number of amides is 1. The number of rotatable bonds is 7. The van der Waals surface area contributed by atoms with Crippen molar-refractivity contribution in [2.75, 3.05) is 30.8 Å². The van der Waals surface area contributed by atoms with E-state index in [-0.39, 0.29) is 22.6 Å². The number of likely N-dealkylation sites (N-methyl/N-ethyl adjacent to an activating group) is 1. The van der Waals surface area contributed by atoms with Gasteiger partial charge in [0.15, 0.2) is 0 Å². The fraction of sp³-hybridized carbons (Fsp3) is 0.304. The highest BCUT2D eigenvalue weighted by Crippen LogP contribution is 2.23. The van der Waals surface area contributed by atoms with Crippen molar-refractivity contribution in [1.29, 1.82) is 0 Å². The van der Waals surface area contributed by atoms with Crippen LogP contribution in [0.15, 0.2) is 53.6 Å². The molecule has 3 rings (SSSR count). The highest BCUT2D eigenvalue weighted by atomic mass is 16.2. The SMILES string of the molecule is CNCCNc1nccc(-c2c[nH]c(=O)c(NC(=O)c3ccc(C(C)(C)C)cc3)c2)n1. The van der Waals surface area contributed by atoms with Crippen LogP contribution in [0.3, 0.4) is 0 Å². The Kier molecular flexibility index (Phi) is 6.81. The van der Waals surface area contributed by atoms with Gasteiger partial charge in [-0.15, -0.1) is 0 Å². The molecule has 0 spiro atoms. The standard InChI is InChI=1S/C23H28N6O2/c1-23(2,3)17-7-5-15(6-8-17)20(30)28-19-13-16(14-27-21(19)31)18-9-10-25-22(29-18)26-12-11-24-4/h5-10,13-14,24H,11-12H2,1-4H3,(H,27,31)(H,28,30)(H,25,26,29). The molecule has 31 heavy (non-hydrogen) atoms. The second-order valence-electron chi connectivity index (χ2n) is 8.21. The number of nitrogens with one attached hydrogen (secondary N) is 4. The Morgan fingerprint density at radius 3 is 2.52 bits per heavy atom. The topological polar surface area (TPSA) is 112 Å². The van der Waals surface area contributed by atoms with Gasteiger partial charge in [-0.3, -0.25) is 9.59 Å². The Labute approximate surface area is 181 Å². The lowest BCUT2D eigenvalue weighted by Crippen LogP contribution is -2.20. The molecule has 2 heterocycles. The van der Waals surface area contributed by atoms with Crippen molar-refractivity contribution >= 4 is 17.5 Å². The monoisotopic (exact) mass is 420 g/mol. The number of carbonyl (C=O) groups excluding carboxylic acids is 1. The van der Waals surface area contributed by atoms with Crippen LogP contribution in [0.1, 0.15) is 36.7 Å². The molecule has 4 N–H and O–H groups in total. The fourth-order valence-corrected chi connectivity index (χ4v) is 2.94. The van der Waals surface area contributed by atoms with E-state index in [4.69, 9.17) is 0 Å². The van der Waals surface area contributed by atoms with Gasteiger partial charge in [-0.25, -0.2) is 9.97 Å². The first kappa shape index (κ1) is 22.2. The van der Waals surface area contributed by atoms with Crippen LogP contribution in [-0.4, -0.2) is 41.0 Å². The zero-order valence-electron chi connectivity index (χ0n) is 18.2. The Balaban J connectivity index is 1.79. The first-order chi connectivity index (χ1) is 14.8. The van der Waals surface area contributed by atoms with Gasteiger partial charge in [0.05, 0.1) is 5.69 Å². The number of nitrogens with zero attached hydrogens (tertiary/aromatic N) is 2. The molecular formula is C23H28N6O2. The van der Waals surface area contributed by atoms with Gasteiger partial charge in [-0.05, 0) is 42.3 Å². The largest absolute Gasteiger partial charge is 0.353 e. The maximum Gasteiger partial charge on any atom is 0.271 e. The van der Waals surface area contributed by atoms with Crippen LogP contribution in [0.5, 0.6) is 0 Å². The summed E-state index contributed by atoms with van der Waals surface area (Å²) >= 11 is 0. The average Bonchev–Trinajstić information content (AvgIpc) is 2.75. The first-order valence-electron chi connectivity index (χ1n) is 10.1. The van der Waals surface area contributed by atoms with Crippen molar-refractivity contribution in [3.63, 3.8) is 0 Å². The van der Waals surface area contributed by atoms with Crippen LogP contribution in [-0.2, 0) is 5.41 Å². The number of aromatic nitrogens is 3. The summed E-state index contributed by atoms with van der Waals surface area (Å²) in [6.45, 7) is 7.80. The van der Waals surface area contributed by atoms with Gasteiger partial charge >= 0.3 is 0 Å². The van der Waals surface area contributed by atoms with Crippen molar-refractivity contribution in [3.05, 3.63) is 70.3 Å². The van der Waals surface area contributed by atoms with Crippen LogP contribution >= 0.6 is 0 Å². The Hall–Kier alpha value is -3.52. The van der Waals surface area contributed by atoms with Crippen molar-refractivity contribution in [2.45, 2.75) is 26.2 Å². The molecule has 1 amide bonds. The molecule has 0 unspecified atom stereocenters. The highest BCUT2D eigenvalue weighted by molar-refractivity contribution is 6.04. The Morgan fingerprint density at radius 1 is 1.10 bits per heavy atom. The van der Waals surface area contributed by atoms with E-state index in [1.807, 2.05) is 19.2 Å². The summed E-state index contributed by atoms with van der Waals surface area (Å²) in [7, 11) is 1.87. The quantitative estimate of drug-likeness (QED) is 0.437. The number of H-pyrrole nitrogens is 1. The summed E-state index contributed by atoms with van der Waals surface area (Å²) in [5, 5.41) is 8.87. The lowest BCUT2D eigenvalue weighted by atomic mass is 9.87. The second-order valence-corrected chi connectivity index (χ2v) is 8.21. The van der Waals surface area contributed by atoms with Crippen LogP contribution in [0, 0.1) is 0 Å². The number of anilines is 2. The summed E-state index contributed by atoms with van der Waals surface area (Å²) in [5.74, 6) is 0.142. The number of hydrogen-bond acceptors (Lipinski definition) is 6. The van der Waals surface area contributed by atoms with Crippen molar-refractivity contribution in [2.24, 2.45) is 0 Å². The summed E-state index contributed by atoms with van der Waals surface area (Å²) in [6.07, 6.45) is 3.21. The van der Waals surface area contributed by atoms with Crippen molar-refractivity contribution in [3.8, 4) is 11.3 Å². The van der Waals surface area contributed by atoms with E-state index in [1.54, 1.807) is 36.7 Å². The number of pyridine rings is 1. The summed E-state index contributed by atoms with van der Waals surface area (Å²) < 4.78 is 0. The Bertz CT molecular complexity index is 1100. The molecule has 0 atom stereocenters. The normalized spacial score (nSPS) is 11.2. The summed E-state index contributed by atoms with van der Waals surface area (Å²) in [4.78, 5) is 36.3. The number of aromatic amines is 1. The minimum atomic E-state index is -0.384. The smallest absolute Gasteiger partial charge is 0.271 e. The van der Waals surface area contributed by atoms with E-state index in [0.29, 0.717) is 29.3 Å². The average molecular weight is 421 g/mol. The maximum atomic E-state index is 12.7. The van der Waals surface area contributed by atoms with E-state index in [0.717, 1.165) is 12.1 Å². The zero-order valence-corrected chi connectivity index (χ0v) is 18.2. The van der Waals surface area contributed by atoms with Gasteiger partial charge in [0, 0.05) is 36.6 Å². The van der Waals surface area contributed by atoms with Gasteiger partial charge in [0.2, 0.25) is 5.95 Å². The summed E-state index contributed by atoms with van der Waals surface area (Å²) in [6, 6.07) is 10.7. The lowest BCUT2D eigenvalue weighted by Gasteiger charge is -2.19. The van der Waals surface area contributed by atoms with Crippen molar-refractivity contribution < 1.29 is 4.79 Å². The Morgan fingerprint density at radius 2 is 1.84 bits per heavy atom. The third-order valence-corrected chi connectivity index (χ3v) is 4.77. The van der Waals surface area contributed by atoms with E-state index >= 15 is 0 Å². The minimum Gasteiger partial charge on any atom is -0.353 e. The molecule has 0 aliphatic carbocycles. The predicted molar refractivity (Wildman–Crippen MR) is 124 cm³/mol. The van der Waals surface area contributed by atoms with Crippen LogP contribution in [0.25, 0.3) is 11.3 Å². The molecule has 0 aliphatic rings. The van der Waals surface area contributed by atoms with Gasteiger partial charge in [0.1, 0.15) is 5.69 Å². The number of carbonyl (C=O) groups is 1. The first-order valence-corrected chi connectivity index (χ1v) is 10.1. The summed E-state index contributed by atoms with van der Waals surface area (Å²) in [5.41, 5.74) is 2.68. The van der Waals surface area contributed by atoms with Crippen LogP contribution in [0.2, 0.25) is 0 Å². The molecule has 0 radical (unpaired) electrons. The van der Waals surface area contributed by atoms with Crippen molar-refractivity contribution in [1.82, 2.24) is 20.3 Å². The van der Waals surface area contributed by atoms with E-state index in [9.17, 15) is 9.59 Å². The third kappa shape index (κ3) is 5.76.